The maximum atomic E-state index is 3.81. The van der Waals surface area contributed by atoms with Gasteiger partial charge in [-0.3, -0.25) is 0 Å². The van der Waals surface area contributed by atoms with Crippen LogP contribution >= 0.6 is 12.4 Å². The first kappa shape index (κ1) is 14.2. The van der Waals surface area contributed by atoms with E-state index in [0.717, 1.165) is 13.1 Å². The number of benzene rings is 1. The van der Waals surface area contributed by atoms with Crippen LogP contribution in [0.4, 0.5) is 0 Å². The maximum Gasteiger partial charge on any atom is 0.0211 e. The van der Waals surface area contributed by atoms with E-state index in [1.165, 1.54) is 24.0 Å². The van der Waals surface area contributed by atoms with E-state index in [4.69, 9.17) is 0 Å². The van der Waals surface area contributed by atoms with Crippen LogP contribution in [-0.4, -0.2) is 6.54 Å². The van der Waals surface area contributed by atoms with E-state index >= 15 is 0 Å². The van der Waals surface area contributed by atoms with Gasteiger partial charge in [-0.15, -0.1) is 12.4 Å². The molecular formula is C13H20ClN. The second-order valence-electron chi connectivity index (χ2n) is 3.43. The van der Waals surface area contributed by atoms with Gasteiger partial charge in [0.1, 0.15) is 0 Å². The van der Waals surface area contributed by atoms with Gasteiger partial charge in [-0.05, 0) is 24.1 Å². The van der Waals surface area contributed by atoms with E-state index < -0.39 is 0 Å². The predicted molar refractivity (Wildman–Crippen MR) is 70.4 cm³/mol. The Labute approximate surface area is 99.0 Å². The molecule has 0 aliphatic heterocycles. The Balaban J connectivity index is 0.00000196. The minimum atomic E-state index is 0. The fraction of sp³-hybridized carbons (Fsp3) is 0.385. The predicted octanol–water partition coefficient (Wildman–Crippen LogP) is 3.64. The number of rotatable bonds is 6. The minimum Gasteiger partial charge on any atom is -0.313 e. The van der Waals surface area contributed by atoms with Crippen LogP contribution in [0.3, 0.4) is 0 Å². The summed E-state index contributed by atoms with van der Waals surface area (Å²) >= 11 is 0. The van der Waals surface area contributed by atoms with Gasteiger partial charge in [-0.25, -0.2) is 0 Å². The molecule has 1 nitrogen and oxygen atoms in total. The first-order valence-corrected chi connectivity index (χ1v) is 5.29. The molecule has 0 fully saturated rings. The fourth-order valence-electron chi connectivity index (χ4n) is 1.42. The van der Waals surface area contributed by atoms with Crippen molar-refractivity contribution in [3.63, 3.8) is 0 Å². The number of unbranched alkanes of at least 4 members (excludes halogenated alkanes) is 1. The Kier molecular flexibility index (Phi) is 8.06. The Morgan fingerprint density at radius 2 is 2.07 bits per heavy atom. The molecule has 84 valence electrons. The Morgan fingerprint density at radius 3 is 2.73 bits per heavy atom. The third-order valence-electron chi connectivity index (χ3n) is 2.30. The molecule has 0 radical (unpaired) electrons. The normalized spacial score (nSPS) is 9.40. The summed E-state index contributed by atoms with van der Waals surface area (Å²) in [5.74, 6) is 0. The summed E-state index contributed by atoms with van der Waals surface area (Å²) < 4.78 is 0. The highest BCUT2D eigenvalue weighted by Gasteiger charge is 1.96. The lowest BCUT2D eigenvalue weighted by Gasteiger charge is -2.06. The quantitative estimate of drug-likeness (QED) is 0.729. The maximum absolute atomic E-state index is 3.81. The van der Waals surface area contributed by atoms with E-state index in [0.29, 0.717) is 0 Å². The lowest BCUT2D eigenvalue weighted by Crippen LogP contribution is -2.14. The molecule has 2 heteroatoms. The minimum absolute atomic E-state index is 0. The molecule has 0 atom stereocenters. The van der Waals surface area contributed by atoms with Gasteiger partial charge in [0.05, 0.1) is 0 Å². The molecule has 1 aromatic carbocycles. The van der Waals surface area contributed by atoms with Gasteiger partial charge in [0, 0.05) is 6.54 Å². The van der Waals surface area contributed by atoms with Crippen LogP contribution in [0.2, 0.25) is 0 Å². The summed E-state index contributed by atoms with van der Waals surface area (Å²) in [5.41, 5.74) is 2.56. The standard InChI is InChI=1S/C13H19N.ClH/c1-3-5-10-14-11-13-9-7-6-8-12(13)4-2;/h4,6-9,14H,2-3,5,10-11H2,1H3;1H. The molecule has 0 amide bonds. The van der Waals surface area contributed by atoms with E-state index in [1.807, 2.05) is 12.1 Å². The van der Waals surface area contributed by atoms with Gasteiger partial charge in [0.15, 0.2) is 0 Å². The van der Waals surface area contributed by atoms with E-state index in [9.17, 15) is 0 Å². The highest BCUT2D eigenvalue weighted by Crippen LogP contribution is 2.09. The van der Waals surface area contributed by atoms with E-state index in [2.05, 4.69) is 37.0 Å². The Morgan fingerprint density at radius 1 is 1.33 bits per heavy atom. The summed E-state index contributed by atoms with van der Waals surface area (Å²) in [6, 6.07) is 8.37. The zero-order valence-electron chi connectivity index (χ0n) is 9.33. The summed E-state index contributed by atoms with van der Waals surface area (Å²) in [7, 11) is 0. The van der Waals surface area contributed by atoms with Crippen LogP contribution in [0.15, 0.2) is 30.8 Å². The molecule has 15 heavy (non-hydrogen) atoms. The summed E-state index contributed by atoms with van der Waals surface area (Å²) in [6.07, 6.45) is 4.41. The van der Waals surface area contributed by atoms with E-state index in [1.54, 1.807) is 0 Å². The molecule has 1 aromatic rings. The van der Waals surface area contributed by atoms with E-state index in [-0.39, 0.29) is 12.4 Å². The van der Waals surface area contributed by atoms with Crippen LogP contribution in [0.25, 0.3) is 6.08 Å². The molecule has 0 heterocycles. The largest absolute Gasteiger partial charge is 0.313 e. The Bertz CT molecular complexity index is 284. The van der Waals surface area contributed by atoms with Gasteiger partial charge in [-0.2, -0.15) is 0 Å². The molecule has 1 rings (SSSR count). The third kappa shape index (κ3) is 5.01. The molecule has 0 aromatic heterocycles. The zero-order chi connectivity index (χ0) is 10.2. The van der Waals surface area contributed by atoms with Gasteiger partial charge >= 0.3 is 0 Å². The highest BCUT2D eigenvalue weighted by atomic mass is 35.5. The molecule has 0 bridgehead atoms. The monoisotopic (exact) mass is 225 g/mol. The number of hydrogen-bond acceptors (Lipinski definition) is 1. The molecule has 0 aliphatic rings. The Hall–Kier alpha value is -0.790. The lowest BCUT2D eigenvalue weighted by atomic mass is 10.1. The van der Waals surface area contributed by atoms with Crippen LogP contribution < -0.4 is 5.32 Å². The second-order valence-corrected chi connectivity index (χ2v) is 3.43. The molecule has 0 saturated heterocycles. The van der Waals surface area contributed by atoms with Crippen molar-refractivity contribution < 1.29 is 0 Å². The lowest BCUT2D eigenvalue weighted by molar-refractivity contribution is 0.641. The summed E-state index contributed by atoms with van der Waals surface area (Å²) in [6.45, 7) is 8.06. The van der Waals surface area contributed by atoms with Crippen molar-refractivity contribution in [2.75, 3.05) is 6.54 Å². The fourth-order valence-corrected chi connectivity index (χ4v) is 1.42. The molecule has 1 N–H and O–H groups in total. The number of hydrogen-bond donors (Lipinski definition) is 1. The first-order chi connectivity index (χ1) is 6.88. The molecule has 0 saturated carbocycles. The van der Waals surface area contributed by atoms with Crippen molar-refractivity contribution in [2.24, 2.45) is 0 Å². The van der Waals surface area contributed by atoms with Gasteiger partial charge in [0.2, 0.25) is 0 Å². The van der Waals surface area contributed by atoms with Crippen LogP contribution in [0.5, 0.6) is 0 Å². The van der Waals surface area contributed by atoms with Crippen molar-refractivity contribution in [1.29, 1.82) is 0 Å². The number of nitrogens with one attached hydrogen (secondary N) is 1. The molecule has 0 aliphatic carbocycles. The topological polar surface area (TPSA) is 12.0 Å². The average molecular weight is 226 g/mol. The zero-order valence-corrected chi connectivity index (χ0v) is 10.1. The first-order valence-electron chi connectivity index (χ1n) is 5.29. The SMILES string of the molecule is C=Cc1ccccc1CNCCCC.Cl. The van der Waals surface area contributed by atoms with Crippen molar-refractivity contribution in [3.05, 3.63) is 42.0 Å². The summed E-state index contributed by atoms with van der Waals surface area (Å²) in [5, 5.41) is 3.43. The molecule has 0 unspecified atom stereocenters. The van der Waals surface area contributed by atoms with Crippen LogP contribution in [0, 0.1) is 0 Å². The molecular weight excluding hydrogens is 206 g/mol. The van der Waals surface area contributed by atoms with Crippen LogP contribution in [-0.2, 0) is 6.54 Å². The van der Waals surface area contributed by atoms with Gasteiger partial charge in [0.25, 0.3) is 0 Å². The van der Waals surface area contributed by atoms with Crippen molar-refractivity contribution in [3.8, 4) is 0 Å². The van der Waals surface area contributed by atoms with Crippen molar-refractivity contribution in [2.45, 2.75) is 26.3 Å². The van der Waals surface area contributed by atoms with Gasteiger partial charge in [-0.1, -0.05) is 50.3 Å². The second kappa shape index (κ2) is 8.51. The summed E-state index contributed by atoms with van der Waals surface area (Å²) in [4.78, 5) is 0. The van der Waals surface area contributed by atoms with Crippen molar-refractivity contribution in [1.82, 2.24) is 5.32 Å². The van der Waals surface area contributed by atoms with Crippen LogP contribution in [0.1, 0.15) is 30.9 Å². The van der Waals surface area contributed by atoms with Gasteiger partial charge < -0.3 is 5.32 Å². The van der Waals surface area contributed by atoms with Crippen molar-refractivity contribution >= 4 is 18.5 Å². The number of halogens is 1. The smallest absolute Gasteiger partial charge is 0.0211 e. The third-order valence-corrected chi connectivity index (χ3v) is 2.30. The highest BCUT2D eigenvalue weighted by molar-refractivity contribution is 5.85. The molecule has 0 spiro atoms. The average Bonchev–Trinajstić information content (AvgIpc) is 2.25.